The summed E-state index contributed by atoms with van der Waals surface area (Å²) in [6.45, 7) is 4.17. The minimum Gasteiger partial charge on any atom is -0.246 e. The third-order valence-electron chi connectivity index (χ3n) is 2.96. The Morgan fingerprint density at radius 2 is 1.85 bits per heavy atom. The van der Waals surface area contributed by atoms with Crippen LogP contribution in [0.15, 0.2) is 34.1 Å². The molecule has 1 aromatic carbocycles. The van der Waals surface area contributed by atoms with Crippen molar-refractivity contribution in [2.75, 3.05) is 0 Å². The van der Waals surface area contributed by atoms with Gasteiger partial charge in [-0.15, -0.1) is 22.7 Å². The van der Waals surface area contributed by atoms with Gasteiger partial charge in [-0.05, 0) is 26.0 Å². The van der Waals surface area contributed by atoms with Crippen LogP contribution in [0.2, 0.25) is 0 Å². The maximum absolute atomic E-state index is 4.78. The molecule has 5 heteroatoms. The van der Waals surface area contributed by atoms with Crippen molar-refractivity contribution < 1.29 is 0 Å². The SMILES string of the molecule is Cc1nc(Cc2nc(-c3ccc(Br)cc3)c(C)s2)cs1. The summed E-state index contributed by atoms with van der Waals surface area (Å²) in [5.41, 5.74) is 3.37. The van der Waals surface area contributed by atoms with Crippen molar-refractivity contribution in [2.24, 2.45) is 0 Å². The molecule has 0 spiro atoms. The topological polar surface area (TPSA) is 25.8 Å². The number of hydrogen-bond donors (Lipinski definition) is 0. The zero-order valence-electron chi connectivity index (χ0n) is 11.2. The van der Waals surface area contributed by atoms with Gasteiger partial charge in [-0.25, -0.2) is 9.97 Å². The molecule has 2 nitrogen and oxygen atoms in total. The molecule has 0 saturated heterocycles. The lowest BCUT2D eigenvalue weighted by atomic mass is 10.1. The van der Waals surface area contributed by atoms with E-state index >= 15 is 0 Å². The Bertz CT molecular complexity index is 729. The molecule has 2 heterocycles. The van der Waals surface area contributed by atoms with E-state index in [0.717, 1.165) is 32.3 Å². The minimum absolute atomic E-state index is 0.826. The van der Waals surface area contributed by atoms with Gasteiger partial charge in [-0.3, -0.25) is 0 Å². The second-order valence-electron chi connectivity index (χ2n) is 4.55. The molecule has 0 N–H and O–H groups in total. The molecule has 0 bridgehead atoms. The fourth-order valence-electron chi connectivity index (χ4n) is 2.05. The molecule has 0 atom stereocenters. The summed E-state index contributed by atoms with van der Waals surface area (Å²) < 4.78 is 1.09. The Hall–Kier alpha value is -1.04. The van der Waals surface area contributed by atoms with Crippen LogP contribution in [-0.4, -0.2) is 9.97 Å². The second-order valence-corrected chi connectivity index (χ2v) is 7.82. The van der Waals surface area contributed by atoms with E-state index in [9.17, 15) is 0 Å². The largest absolute Gasteiger partial charge is 0.246 e. The van der Waals surface area contributed by atoms with Crippen molar-refractivity contribution in [3.8, 4) is 11.3 Å². The lowest BCUT2D eigenvalue weighted by molar-refractivity contribution is 1.06. The Kier molecular flexibility index (Phi) is 4.01. The van der Waals surface area contributed by atoms with Crippen LogP contribution in [0, 0.1) is 13.8 Å². The van der Waals surface area contributed by atoms with Gasteiger partial charge in [0, 0.05) is 26.7 Å². The summed E-state index contributed by atoms with van der Waals surface area (Å²) in [7, 11) is 0. The Morgan fingerprint density at radius 1 is 1.10 bits per heavy atom. The van der Waals surface area contributed by atoms with Gasteiger partial charge in [0.15, 0.2) is 0 Å². The van der Waals surface area contributed by atoms with Crippen molar-refractivity contribution in [3.05, 3.63) is 54.7 Å². The predicted molar refractivity (Wildman–Crippen MR) is 89.6 cm³/mol. The van der Waals surface area contributed by atoms with E-state index in [0.29, 0.717) is 0 Å². The van der Waals surface area contributed by atoms with Crippen LogP contribution >= 0.6 is 38.6 Å². The normalized spacial score (nSPS) is 10.9. The third kappa shape index (κ3) is 3.00. The van der Waals surface area contributed by atoms with Gasteiger partial charge in [0.2, 0.25) is 0 Å². The molecular formula is C15H13BrN2S2. The standard InChI is InChI=1S/C15H13BrN2S2/c1-9-15(11-3-5-12(16)6-4-11)18-14(20-9)7-13-8-19-10(2)17-13/h3-6,8H,7H2,1-2H3. The molecule has 2 aromatic heterocycles. The van der Waals surface area contributed by atoms with E-state index in [2.05, 4.69) is 57.5 Å². The van der Waals surface area contributed by atoms with Crippen molar-refractivity contribution in [1.29, 1.82) is 0 Å². The van der Waals surface area contributed by atoms with E-state index in [1.54, 1.807) is 22.7 Å². The maximum atomic E-state index is 4.78. The van der Waals surface area contributed by atoms with Crippen molar-refractivity contribution in [2.45, 2.75) is 20.3 Å². The summed E-state index contributed by atoms with van der Waals surface area (Å²) in [6.07, 6.45) is 0.826. The zero-order chi connectivity index (χ0) is 14.1. The fourth-order valence-corrected chi connectivity index (χ4v) is 3.89. The highest BCUT2D eigenvalue weighted by molar-refractivity contribution is 9.10. The van der Waals surface area contributed by atoms with E-state index in [1.807, 2.05) is 6.92 Å². The maximum Gasteiger partial charge on any atom is 0.0995 e. The number of nitrogens with zero attached hydrogens (tertiary/aromatic N) is 2. The van der Waals surface area contributed by atoms with Crippen molar-refractivity contribution in [3.63, 3.8) is 0 Å². The van der Waals surface area contributed by atoms with Gasteiger partial charge >= 0.3 is 0 Å². The van der Waals surface area contributed by atoms with Crippen LogP contribution in [0.5, 0.6) is 0 Å². The molecule has 3 aromatic rings. The molecule has 0 fully saturated rings. The highest BCUT2D eigenvalue weighted by atomic mass is 79.9. The molecule has 0 unspecified atom stereocenters. The van der Waals surface area contributed by atoms with Gasteiger partial charge < -0.3 is 0 Å². The molecular weight excluding hydrogens is 352 g/mol. The molecule has 0 amide bonds. The Labute approximate surface area is 134 Å². The first-order valence-electron chi connectivity index (χ1n) is 6.25. The lowest BCUT2D eigenvalue weighted by Crippen LogP contribution is -1.88. The fraction of sp³-hybridized carbons (Fsp3) is 0.200. The zero-order valence-corrected chi connectivity index (χ0v) is 14.4. The van der Waals surface area contributed by atoms with Gasteiger partial charge in [0.25, 0.3) is 0 Å². The number of aromatic nitrogens is 2. The van der Waals surface area contributed by atoms with E-state index < -0.39 is 0 Å². The third-order valence-corrected chi connectivity index (χ3v) is 5.28. The van der Waals surface area contributed by atoms with Crippen LogP contribution in [0.1, 0.15) is 20.6 Å². The molecule has 0 aliphatic heterocycles. The van der Waals surface area contributed by atoms with Crippen LogP contribution in [0.25, 0.3) is 11.3 Å². The van der Waals surface area contributed by atoms with E-state index in [1.165, 1.54) is 10.4 Å². The van der Waals surface area contributed by atoms with Crippen LogP contribution < -0.4 is 0 Å². The lowest BCUT2D eigenvalue weighted by Gasteiger charge is -1.98. The number of aryl methyl sites for hydroxylation is 2. The summed E-state index contributed by atoms with van der Waals surface area (Å²) in [5.74, 6) is 0. The smallest absolute Gasteiger partial charge is 0.0995 e. The first-order valence-corrected chi connectivity index (χ1v) is 8.74. The van der Waals surface area contributed by atoms with Crippen LogP contribution in [-0.2, 0) is 6.42 Å². The monoisotopic (exact) mass is 364 g/mol. The average molecular weight is 365 g/mol. The molecule has 0 aliphatic carbocycles. The molecule has 0 aliphatic rings. The predicted octanol–water partition coefficient (Wildman–Crippen LogP) is 5.24. The number of halogens is 1. The van der Waals surface area contributed by atoms with Crippen LogP contribution in [0.4, 0.5) is 0 Å². The Balaban J connectivity index is 1.89. The number of benzene rings is 1. The highest BCUT2D eigenvalue weighted by Gasteiger charge is 2.11. The molecule has 0 saturated carbocycles. The van der Waals surface area contributed by atoms with Crippen molar-refractivity contribution >= 4 is 38.6 Å². The van der Waals surface area contributed by atoms with Crippen molar-refractivity contribution in [1.82, 2.24) is 9.97 Å². The van der Waals surface area contributed by atoms with E-state index in [-0.39, 0.29) is 0 Å². The molecule has 20 heavy (non-hydrogen) atoms. The van der Waals surface area contributed by atoms with Gasteiger partial charge in [-0.2, -0.15) is 0 Å². The number of hydrogen-bond acceptors (Lipinski definition) is 4. The number of rotatable bonds is 3. The summed E-state index contributed by atoms with van der Waals surface area (Å²) in [6, 6.07) is 8.31. The summed E-state index contributed by atoms with van der Waals surface area (Å²) in [5, 5.41) is 4.36. The first kappa shape index (κ1) is 13.9. The van der Waals surface area contributed by atoms with E-state index in [4.69, 9.17) is 4.98 Å². The number of thiazole rings is 2. The Morgan fingerprint density at radius 3 is 2.50 bits per heavy atom. The van der Waals surface area contributed by atoms with Gasteiger partial charge in [-0.1, -0.05) is 28.1 Å². The second kappa shape index (κ2) is 5.76. The summed E-state index contributed by atoms with van der Waals surface area (Å²) in [4.78, 5) is 10.5. The quantitative estimate of drug-likeness (QED) is 0.635. The minimum atomic E-state index is 0.826. The highest BCUT2D eigenvalue weighted by Crippen LogP contribution is 2.29. The summed E-state index contributed by atoms with van der Waals surface area (Å²) >= 11 is 6.92. The molecule has 0 radical (unpaired) electrons. The molecule has 3 rings (SSSR count). The van der Waals surface area contributed by atoms with Gasteiger partial charge in [0.05, 0.1) is 21.4 Å². The first-order chi connectivity index (χ1) is 9.61. The molecule has 102 valence electrons. The van der Waals surface area contributed by atoms with Crippen LogP contribution in [0.3, 0.4) is 0 Å². The average Bonchev–Trinajstić information content (AvgIpc) is 2.97. The van der Waals surface area contributed by atoms with Gasteiger partial charge in [0.1, 0.15) is 0 Å².